The first-order chi connectivity index (χ1) is 10.4. The van der Waals surface area contributed by atoms with Crippen molar-refractivity contribution in [1.82, 2.24) is 5.32 Å². The molecule has 120 valence electrons. The van der Waals surface area contributed by atoms with E-state index in [0.29, 0.717) is 30.5 Å². The Balaban J connectivity index is 2.28. The third-order valence-electron chi connectivity index (χ3n) is 3.31. The minimum atomic E-state index is -1.08. The van der Waals surface area contributed by atoms with Crippen molar-refractivity contribution in [2.75, 3.05) is 20.3 Å². The maximum absolute atomic E-state index is 12.3. The highest BCUT2D eigenvalue weighted by Gasteiger charge is 2.26. The molecule has 1 aliphatic rings. The molecular weight excluding hydrogens is 290 g/mol. The molecule has 0 saturated carbocycles. The minimum Gasteiger partial charge on any atom is -0.493 e. The topological polar surface area (TPSA) is 94.1 Å². The SMILES string of the molecule is COc1cc(C(=O)NC(C(=O)O)C(C)C)cc2c1OCCO2. The fourth-order valence-corrected chi connectivity index (χ4v) is 2.14. The Hall–Kier alpha value is -2.44. The first-order valence-electron chi connectivity index (χ1n) is 6.95. The summed E-state index contributed by atoms with van der Waals surface area (Å²) in [5.74, 6) is -0.584. The normalized spacial score (nSPS) is 14.4. The van der Waals surface area contributed by atoms with Crippen LogP contribution in [0.1, 0.15) is 24.2 Å². The van der Waals surface area contributed by atoms with Crippen LogP contribution in [0.3, 0.4) is 0 Å². The number of carbonyl (C=O) groups is 2. The monoisotopic (exact) mass is 309 g/mol. The number of nitrogens with one attached hydrogen (secondary N) is 1. The van der Waals surface area contributed by atoms with Gasteiger partial charge in [0, 0.05) is 5.56 Å². The number of benzene rings is 1. The van der Waals surface area contributed by atoms with E-state index < -0.39 is 17.9 Å². The Morgan fingerprint density at radius 3 is 2.55 bits per heavy atom. The fourth-order valence-electron chi connectivity index (χ4n) is 2.14. The maximum Gasteiger partial charge on any atom is 0.326 e. The van der Waals surface area contributed by atoms with Gasteiger partial charge in [-0.3, -0.25) is 4.79 Å². The van der Waals surface area contributed by atoms with Crippen LogP contribution in [-0.4, -0.2) is 43.3 Å². The van der Waals surface area contributed by atoms with E-state index in [1.165, 1.54) is 19.2 Å². The molecule has 1 heterocycles. The van der Waals surface area contributed by atoms with E-state index in [4.69, 9.17) is 19.3 Å². The van der Waals surface area contributed by atoms with E-state index in [9.17, 15) is 9.59 Å². The van der Waals surface area contributed by atoms with Gasteiger partial charge in [-0.25, -0.2) is 4.79 Å². The Bertz CT molecular complexity index is 566. The van der Waals surface area contributed by atoms with Crippen LogP contribution in [0.15, 0.2) is 12.1 Å². The minimum absolute atomic E-state index is 0.236. The number of carboxylic acid groups (broad SMARTS) is 1. The van der Waals surface area contributed by atoms with Gasteiger partial charge in [0.05, 0.1) is 7.11 Å². The molecule has 22 heavy (non-hydrogen) atoms. The second-order valence-electron chi connectivity index (χ2n) is 5.24. The van der Waals surface area contributed by atoms with Gasteiger partial charge in [-0.05, 0) is 18.1 Å². The summed E-state index contributed by atoms with van der Waals surface area (Å²) in [4.78, 5) is 23.5. The molecule has 0 bridgehead atoms. The van der Waals surface area contributed by atoms with Crippen LogP contribution in [-0.2, 0) is 4.79 Å². The molecule has 1 aromatic carbocycles. The molecule has 0 radical (unpaired) electrons. The summed E-state index contributed by atoms with van der Waals surface area (Å²) >= 11 is 0. The number of aliphatic carboxylic acids is 1. The Labute approximate surface area is 128 Å². The molecule has 0 spiro atoms. The standard InChI is InChI=1S/C15H19NO6/c1-8(2)12(15(18)19)16-14(17)9-6-10(20-3)13-11(7-9)21-4-5-22-13/h6-8,12H,4-5H2,1-3H3,(H,16,17)(H,18,19). The van der Waals surface area contributed by atoms with E-state index in [1.54, 1.807) is 13.8 Å². The third kappa shape index (κ3) is 3.24. The predicted octanol–water partition coefficient (Wildman–Crippen LogP) is 1.31. The fraction of sp³-hybridized carbons (Fsp3) is 0.467. The number of fused-ring (bicyclic) bond motifs is 1. The van der Waals surface area contributed by atoms with Crippen molar-refractivity contribution in [3.05, 3.63) is 17.7 Å². The van der Waals surface area contributed by atoms with Crippen LogP contribution in [0.2, 0.25) is 0 Å². The van der Waals surface area contributed by atoms with Gasteiger partial charge in [-0.2, -0.15) is 0 Å². The average molecular weight is 309 g/mol. The molecule has 0 fully saturated rings. The van der Waals surface area contributed by atoms with E-state index in [0.717, 1.165) is 0 Å². The first kappa shape index (κ1) is 15.9. The van der Waals surface area contributed by atoms with E-state index >= 15 is 0 Å². The molecule has 2 N–H and O–H groups in total. The van der Waals surface area contributed by atoms with Gasteiger partial charge < -0.3 is 24.6 Å². The van der Waals surface area contributed by atoms with Crippen molar-refractivity contribution in [1.29, 1.82) is 0 Å². The number of methoxy groups -OCH3 is 1. The summed E-state index contributed by atoms with van der Waals surface area (Å²) in [6.45, 7) is 4.24. The molecule has 0 aromatic heterocycles. The Morgan fingerprint density at radius 1 is 1.27 bits per heavy atom. The zero-order valence-corrected chi connectivity index (χ0v) is 12.7. The van der Waals surface area contributed by atoms with Crippen molar-refractivity contribution in [3.8, 4) is 17.2 Å². The Morgan fingerprint density at radius 2 is 1.95 bits per heavy atom. The van der Waals surface area contributed by atoms with E-state index in [-0.39, 0.29) is 11.5 Å². The Kier molecular flexibility index (Phi) is 4.75. The lowest BCUT2D eigenvalue weighted by molar-refractivity contribution is -0.140. The molecule has 0 aliphatic carbocycles. The smallest absolute Gasteiger partial charge is 0.326 e. The van der Waals surface area contributed by atoms with Crippen LogP contribution >= 0.6 is 0 Å². The number of hydrogen-bond acceptors (Lipinski definition) is 5. The van der Waals surface area contributed by atoms with Crippen molar-refractivity contribution in [3.63, 3.8) is 0 Å². The summed E-state index contributed by atoms with van der Waals surface area (Å²) in [6.07, 6.45) is 0. The van der Waals surface area contributed by atoms with Gasteiger partial charge in [-0.15, -0.1) is 0 Å². The molecule has 0 saturated heterocycles. The highest BCUT2D eigenvalue weighted by Crippen LogP contribution is 2.40. The van der Waals surface area contributed by atoms with Gasteiger partial charge in [0.1, 0.15) is 19.3 Å². The molecule has 1 atom stereocenters. The lowest BCUT2D eigenvalue weighted by atomic mass is 10.0. The van der Waals surface area contributed by atoms with Crippen molar-refractivity contribution in [2.45, 2.75) is 19.9 Å². The van der Waals surface area contributed by atoms with Crippen LogP contribution < -0.4 is 19.5 Å². The molecule has 2 rings (SSSR count). The quantitative estimate of drug-likeness (QED) is 0.851. The third-order valence-corrected chi connectivity index (χ3v) is 3.31. The average Bonchev–Trinajstić information content (AvgIpc) is 2.50. The number of carbonyl (C=O) groups excluding carboxylic acids is 1. The highest BCUT2D eigenvalue weighted by molar-refractivity contribution is 5.97. The number of hydrogen-bond donors (Lipinski definition) is 2. The molecule has 1 unspecified atom stereocenters. The summed E-state index contributed by atoms with van der Waals surface area (Å²) in [7, 11) is 1.46. The molecule has 7 heteroatoms. The number of rotatable bonds is 5. The van der Waals surface area contributed by atoms with Crippen molar-refractivity contribution in [2.24, 2.45) is 5.92 Å². The largest absolute Gasteiger partial charge is 0.493 e. The van der Waals surface area contributed by atoms with E-state index in [1.807, 2.05) is 0 Å². The van der Waals surface area contributed by atoms with Crippen LogP contribution in [0.25, 0.3) is 0 Å². The van der Waals surface area contributed by atoms with Crippen LogP contribution in [0.5, 0.6) is 17.2 Å². The van der Waals surface area contributed by atoms with Crippen LogP contribution in [0, 0.1) is 5.92 Å². The molecule has 1 amide bonds. The molecule has 1 aromatic rings. The predicted molar refractivity (Wildman–Crippen MR) is 77.7 cm³/mol. The lowest BCUT2D eigenvalue weighted by Gasteiger charge is -2.22. The maximum atomic E-state index is 12.3. The first-order valence-corrected chi connectivity index (χ1v) is 6.95. The zero-order valence-electron chi connectivity index (χ0n) is 12.7. The lowest BCUT2D eigenvalue weighted by Crippen LogP contribution is -2.44. The molecular formula is C15H19NO6. The van der Waals surface area contributed by atoms with Gasteiger partial charge in [0.2, 0.25) is 5.75 Å². The molecule has 1 aliphatic heterocycles. The number of carboxylic acids is 1. The van der Waals surface area contributed by atoms with Crippen LogP contribution in [0.4, 0.5) is 0 Å². The van der Waals surface area contributed by atoms with Crippen molar-refractivity contribution < 1.29 is 28.9 Å². The summed E-state index contributed by atoms with van der Waals surface area (Å²) in [5, 5.41) is 11.6. The second kappa shape index (κ2) is 6.55. The summed E-state index contributed by atoms with van der Waals surface area (Å²) < 4.78 is 16.1. The van der Waals surface area contributed by atoms with E-state index in [2.05, 4.69) is 5.32 Å². The summed E-state index contributed by atoms with van der Waals surface area (Å²) in [5.41, 5.74) is 0.257. The summed E-state index contributed by atoms with van der Waals surface area (Å²) in [6, 6.07) is 2.06. The van der Waals surface area contributed by atoms with Crippen molar-refractivity contribution >= 4 is 11.9 Å². The zero-order chi connectivity index (χ0) is 16.3. The van der Waals surface area contributed by atoms with Gasteiger partial charge in [-0.1, -0.05) is 13.8 Å². The van der Waals surface area contributed by atoms with Gasteiger partial charge >= 0.3 is 5.97 Å². The second-order valence-corrected chi connectivity index (χ2v) is 5.24. The number of amides is 1. The highest BCUT2D eigenvalue weighted by atomic mass is 16.6. The number of ether oxygens (including phenoxy) is 3. The molecule has 7 nitrogen and oxygen atoms in total. The van der Waals surface area contributed by atoms with Gasteiger partial charge in [0.25, 0.3) is 5.91 Å². The van der Waals surface area contributed by atoms with Gasteiger partial charge in [0.15, 0.2) is 11.5 Å².